The smallest absolute Gasteiger partial charge is 0.123 e. The SMILES string of the molecule is Cc1nc(Br)c(C(C)O)s1. The molecule has 10 heavy (non-hydrogen) atoms. The van der Waals surface area contributed by atoms with Crippen molar-refractivity contribution in [3.05, 3.63) is 14.5 Å². The van der Waals surface area contributed by atoms with Crippen LogP contribution < -0.4 is 0 Å². The van der Waals surface area contributed by atoms with Crippen LogP contribution in [0.15, 0.2) is 4.60 Å². The predicted octanol–water partition coefficient (Wildman–Crippen LogP) is 2.27. The zero-order valence-electron chi connectivity index (χ0n) is 5.76. The van der Waals surface area contributed by atoms with Crippen molar-refractivity contribution in [3.8, 4) is 0 Å². The summed E-state index contributed by atoms with van der Waals surface area (Å²) in [6.07, 6.45) is -0.416. The molecule has 0 fully saturated rings. The molecule has 1 aromatic rings. The number of rotatable bonds is 1. The van der Waals surface area contributed by atoms with Crippen LogP contribution in [0, 0.1) is 6.92 Å². The summed E-state index contributed by atoms with van der Waals surface area (Å²) in [5.74, 6) is 0. The van der Waals surface area contributed by atoms with Crippen molar-refractivity contribution in [3.63, 3.8) is 0 Å². The number of thiazole rings is 1. The molecule has 1 aromatic heterocycles. The zero-order chi connectivity index (χ0) is 7.72. The van der Waals surface area contributed by atoms with E-state index in [2.05, 4.69) is 20.9 Å². The molecule has 1 atom stereocenters. The monoisotopic (exact) mass is 221 g/mol. The van der Waals surface area contributed by atoms with E-state index in [4.69, 9.17) is 5.11 Å². The highest BCUT2D eigenvalue weighted by molar-refractivity contribution is 9.10. The molecule has 0 radical (unpaired) electrons. The lowest BCUT2D eigenvalue weighted by Gasteiger charge is -1.97. The molecular weight excluding hydrogens is 214 g/mol. The zero-order valence-corrected chi connectivity index (χ0v) is 8.16. The van der Waals surface area contributed by atoms with Gasteiger partial charge in [-0.2, -0.15) is 0 Å². The fourth-order valence-electron chi connectivity index (χ4n) is 0.675. The average molecular weight is 222 g/mol. The van der Waals surface area contributed by atoms with Gasteiger partial charge in [0, 0.05) is 0 Å². The Kier molecular flexibility index (Phi) is 2.44. The van der Waals surface area contributed by atoms with Crippen molar-refractivity contribution in [2.45, 2.75) is 20.0 Å². The first-order valence-electron chi connectivity index (χ1n) is 2.92. The Morgan fingerprint density at radius 2 is 2.30 bits per heavy atom. The molecule has 0 bridgehead atoms. The number of hydrogen-bond acceptors (Lipinski definition) is 3. The maximum atomic E-state index is 9.16. The Morgan fingerprint density at radius 3 is 2.50 bits per heavy atom. The second-order valence-corrected chi connectivity index (χ2v) is 4.05. The van der Waals surface area contributed by atoms with Gasteiger partial charge in [-0.15, -0.1) is 11.3 Å². The van der Waals surface area contributed by atoms with Crippen molar-refractivity contribution in [1.82, 2.24) is 4.98 Å². The molecule has 1 unspecified atom stereocenters. The van der Waals surface area contributed by atoms with Crippen molar-refractivity contribution in [2.75, 3.05) is 0 Å². The first-order valence-corrected chi connectivity index (χ1v) is 4.53. The molecule has 4 heteroatoms. The van der Waals surface area contributed by atoms with Gasteiger partial charge >= 0.3 is 0 Å². The molecule has 0 aliphatic rings. The van der Waals surface area contributed by atoms with Gasteiger partial charge in [-0.1, -0.05) is 0 Å². The number of halogens is 1. The van der Waals surface area contributed by atoms with E-state index in [1.807, 2.05) is 6.92 Å². The topological polar surface area (TPSA) is 33.1 Å². The third kappa shape index (κ3) is 1.56. The molecule has 0 aliphatic carbocycles. The van der Waals surface area contributed by atoms with Crippen LogP contribution in [0.1, 0.15) is 22.9 Å². The molecule has 56 valence electrons. The number of aromatic nitrogens is 1. The Morgan fingerprint density at radius 1 is 1.70 bits per heavy atom. The lowest BCUT2D eigenvalue weighted by Crippen LogP contribution is -1.86. The number of aliphatic hydroxyl groups excluding tert-OH is 1. The van der Waals surface area contributed by atoms with Crippen LogP contribution in [0.25, 0.3) is 0 Å². The van der Waals surface area contributed by atoms with E-state index in [9.17, 15) is 0 Å². The minimum Gasteiger partial charge on any atom is -0.388 e. The van der Waals surface area contributed by atoms with Gasteiger partial charge in [-0.05, 0) is 29.8 Å². The summed E-state index contributed by atoms with van der Waals surface area (Å²) in [5.41, 5.74) is 0. The van der Waals surface area contributed by atoms with Crippen LogP contribution in [0.2, 0.25) is 0 Å². The molecular formula is C6H8BrNOS. The number of hydrogen-bond donors (Lipinski definition) is 1. The number of nitrogens with zero attached hydrogens (tertiary/aromatic N) is 1. The van der Waals surface area contributed by atoms with Crippen LogP contribution in [-0.2, 0) is 0 Å². The van der Waals surface area contributed by atoms with Gasteiger partial charge in [0.15, 0.2) is 0 Å². The summed E-state index contributed by atoms with van der Waals surface area (Å²) in [7, 11) is 0. The molecule has 1 N–H and O–H groups in total. The highest BCUT2D eigenvalue weighted by Gasteiger charge is 2.10. The molecule has 0 saturated carbocycles. The van der Waals surface area contributed by atoms with E-state index in [0.29, 0.717) is 0 Å². The van der Waals surface area contributed by atoms with E-state index in [0.717, 1.165) is 14.5 Å². The second kappa shape index (κ2) is 2.98. The van der Waals surface area contributed by atoms with Gasteiger partial charge in [0.25, 0.3) is 0 Å². The van der Waals surface area contributed by atoms with Gasteiger partial charge in [0.1, 0.15) is 4.60 Å². The van der Waals surface area contributed by atoms with Gasteiger partial charge in [0.2, 0.25) is 0 Å². The molecule has 0 aliphatic heterocycles. The number of aliphatic hydroxyl groups is 1. The van der Waals surface area contributed by atoms with E-state index >= 15 is 0 Å². The summed E-state index contributed by atoms with van der Waals surface area (Å²) >= 11 is 4.77. The van der Waals surface area contributed by atoms with Crippen molar-refractivity contribution in [2.24, 2.45) is 0 Å². The van der Waals surface area contributed by atoms with Crippen LogP contribution in [0.4, 0.5) is 0 Å². The summed E-state index contributed by atoms with van der Waals surface area (Å²) in [5, 5.41) is 10.1. The maximum Gasteiger partial charge on any atom is 0.123 e. The lowest BCUT2D eigenvalue weighted by molar-refractivity contribution is 0.202. The Balaban J connectivity index is 3.03. The molecule has 1 rings (SSSR count). The minimum atomic E-state index is -0.416. The average Bonchev–Trinajstić information content (AvgIpc) is 2.10. The quantitative estimate of drug-likeness (QED) is 0.790. The van der Waals surface area contributed by atoms with E-state index < -0.39 is 6.10 Å². The van der Waals surface area contributed by atoms with Crippen LogP contribution in [0.3, 0.4) is 0 Å². The highest BCUT2D eigenvalue weighted by atomic mass is 79.9. The second-order valence-electron chi connectivity index (χ2n) is 2.06. The van der Waals surface area contributed by atoms with Crippen LogP contribution in [-0.4, -0.2) is 10.1 Å². The lowest BCUT2D eigenvalue weighted by atomic mass is 10.4. The molecule has 0 saturated heterocycles. The standard InChI is InChI=1S/C6H8BrNOS/c1-3(9)5-6(7)8-4(2)10-5/h3,9H,1-2H3. The van der Waals surface area contributed by atoms with E-state index in [-0.39, 0.29) is 0 Å². The number of aryl methyl sites for hydroxylation is 1. The van der Waals surface area contributed by atoms with Gasteiger partial charge in [-0.3, -0.25) is 0 Å². The summed E-state index contributed by atoms with van der Waals surface area (Å²) < 4.78 is 0.769. The third-order valence-electron chi connectivity index (χ3n) is 1.10. The van der Waals surface area contributed by atoms with Crippen LogP contribution >= 0.6 is 27.3 Å². The first kappa shape index (κ1) is 8.17. The first-order chi connectivity index (χ1) is 4.61. The fraction of sp³-hybridized carbons (Fsp3) is 0.500. The maximum absolute atomic E-state index is 9.16. The minimum absolute atomic E-state index is 0.416. The molecule has 1 heterocycles. The summed E-state index contributed by atoms with van der Waals surface area (Å²) in [4.78, 5) is 5.01. The molecule has 0 spiro atoms. The highest BCUT2D eigenvalue weighted by Crippen LogP contribution is 2.28. The van der Waals surface area contributed by atoms with Crippen molar-refractivity contribution < 1.29 is 5.11 Å². The Bertz CT molecular complexity index is 234. The van der Waals surface area contributed by atoms with Gasteiger partial charge in [0.05, 0.1) is 16.0 Å². The van der Waals surface area contributed by atoms with E-state index in [1.165, 1.54) is 11.3 Å². The Hall–Kier alpha value is 0.0700. The fourth-order valence-corrected chi connectivity index (χ4v) is 2.39. The molecule has 0 aromatic carbocycles. The van der Waals surface area contributed by atoms with E-state index in [1.54, 1.807) is 6.92 Å². The largest absolute Gasteiger partial charge is 0.388 e. The molecule has 2 nitrogen and oxygen atoms in total. The summed E-state index contributed by atoms with van der Waals surface area (Å²) in [6.45, 7) is 3.65. The van der Waals surface area contributed by atoms with Crippen molar-refractivity contribution in [1.29, 1.82) is 0 Å². The van der Waals surface area contributed by atoms with Crippen LogP contribution in [0.5, 0.6) is 0 Å². The summed E-state index contributed by atoms with van der Waals surface area (Å²) in [6, 6.07) is 0. The molecule has 0 amide bonds. The van der Waals surface area contributed by atoms with Crippen molar-refractivity contribution >= 4 is 27.3 Å². The predicted molar refractivity (Wildman–Crippen MR) is 45.2 cm³/mol. The van der Waals surface area contributed by atoms with Gasteiger partial charge < -0.3 is 5.11 Å². The normalized spacial score (nSPS) is 13.6. The third-order valence-corrected chi connectivity index (χ3v) is 3.10. The van der Waals surface area contributed by atoms with Gasteiger partial charge in [-0.25, -0.2) is 4.98 Å². The Labute approximate surface area is 72.0 Å².